The van der Waals surface area contributed by atoms with Crippen LogP contribution in [0.15, 0.2) is 36.4 Å². The largest absolute Gasteiger partial charge is 0.488 e. The van der Waals surface area contributed by atoms with Crippen molar-refractivity contribution in [2.75, 3.05) is 0 Å². The van der Waals surface area contributed by atoms with Crippen molar-refractivity contribution in [3.8, 4) is 5.75 Å². The van der Waals surface area contributed by atoms with Crippen LogP contribution in [0.3, 0.4) is 0 Å². The Bertz CT molecular complexity index is 697. The number of halogens is 3. The molecule has 1 N–H and O–H groups in total. The van der Waals surface area contributed by atoms with Crippen molar-refractivity contribution < 1.29 is 9.13 Å². The van der Waals surface area contributed by atoms with Crippen LogP contribution in [0.4, 0.5) is 4.39 Å². The molecule has 0 saturated heterocycles. The van der Waals surface area contributed by atoms with Gasteiger partial charge >= 0.3 is 0 Å². The molecule has 0 atom stereocenters. The second kappa shape index (κ2) is 8.88. The predicted octanol–water partition coefficient (Wildman–Crippen LogP) is 6.13. The van der Waals surface area contributed by atoms with E-state index in [0.29, 0.717) is 33.9 Å². The zero-order chi connectivity index (χ0) is 17.6. The van der Waals surface area contributed by atoms with E-state index in [9.17, 15) is 4.39 Å². The van der Waals surface area contributed by atoms with Gasteiger partial charge in [-0.3, -0.25) is 0 Å². The topological polar surface area (TPSA) is 21.3 Å². The maximum atomic E-state index is 13.9. The molecular formula is C20H22Cl2FNO. The zero-order valence-corrected chi connectivity index (χ0v) is 15.5. The molecule has 0 heterocycles. The Balaban J connectivity index is 1.68. The lowest BCUT2D eigenvalue weighted by Gasteiger charge is -2.23. The van der Waals surface area contributed by atoms with E-state index in [0.717, 1.165) is 5.56 Å². The summed E-state index contributed by atoms with van der Waals surface area (Å²) in [5, 5.41) is 4.62. The van der Waals surface area contributed by atoms with Crippen LogP contribution in [-0.2, 0) is 13.2 Å². The van der Waals surface area contributed by atoms with Gasteiger partial charge < -0.3 is 10.1 Å². The lowest BCUT2D eigenvalue weighted by molar-refractivity contribution is 0.294. The van der Waals surface area contributed by atoms with E-state index in [1.54, 1.807) is 18.2 Å². The Morgan fingerprint density at radius 3 is 2.64 bits per heavy atom. The Kier molecular flexibility index (Phi) is 6.57. The predicted molar refractivity (Wildman–Crippen MR) is 101 cm³/mol. The highest BCUT2D eigenvalue weighted by Crippen LogP contribution is 2.27. The van der Waals surface area contributed by atoms with Crippen molar-refractivity contribution >= 4 is 23.2 Å². The van der Waals surface area contributed by atoms with Crippen molar-refractivity contribution in [3.05, 3.63) is 63.4 Å². The second-order valence-corrected chi connectivity index (χ2v) is 7.30. The van der Waals surface area contributed by atoms with Crippen LogP contribution < -0.4 is 10.1 Å². The van der Waals surface area contributed by atoms with E-state index in [1.165, 1.54) is 38.2 Å². The molecule has 0 bridgehead atoms. The first-order valence-corrected chi connectivity index (χ1v) is 9.46. The molecule has 2 aromatic rings. The summed E-state index contributed by atoms with van der Waals surface area (Å²) in [6.45, 7) is 0.773. The molecule has 0 aromatic heterocycles. The Morgan fingerprint density at radius 1 is 1.08 bits per heavy atom. The summed E-state index contributed by atoms with van der Waals surface area (Å²) in [5.74, 6) is 0.343. The number of benzene rings is 2. The number of nitrogens with one attached hydrogen (secondary N) is 1. The quantitative estimate of drug-likeness (QED) is 0.649. The molecule has 1 aliphatic carbocycles. The van der Waals surface area contributed by atoms with E-state index in [-0.39, 0.29) is 12.4 Å². The van der Waals surface area contributed by atoms with Crippen LogP contribution in [0.1, 0.15) is 43.2 Å². The maximum absolute atomic E-state index is 13.9. The van der Waals surface area contributed by atoms with Crippen molar-refractivity contribution in [2.24, 2.45) is 0 Å². The fourth-order valence-corrected chi connectivity index (χ4v) is 3.62. The van der Waals surface area contributed by atoms with Gasteiger partial charge in [0.05, 0.1) is 5.02 Å². The minimum atomic E-state index is -0.358. The number of rotatable bonds is 6. The molecule has 1 fully saturated rings. The third-order valence-corrected chi connectivity index (χ3v) is 5.23. The van der Waals surface area contributed by atoms with Crippen LogP contribution in [0.25, 0.3) is 0 Å². The summed E-state index contributed by atoms with van der Waals surface area (Å²) in [4.78, 5) is 0. The monoisotopic (exact) mass is 381 g/mol. The highest BCUT2D eigenvalue weighted by Gasteiger charge is 2.14. The summed E-state index contributed by atoms with van der Waals surface area (Å²) < 4.78 is 19.8. The summed E-state index contributed by atoms with van der Waals surface area (Å²) in [7, 11) is 0. The summed E-state index contributed by atoms with van der Waals surface area (Å²) >= 11 is 12.2. The molecule has 0 unspecified atom stereocenters. The van der Waals surface area contributed by atoms with Crippen LogP contribution in [0.2, 0.25) is 10.0 Å². The first kappa shape index (κ1) is 18.5. The Hall–Kier alpha value is -1.29. The van der Waals surface area contributed by atoms with Gasteiger partial charge in [0.25, 0.3) is 0 Å². The molecule has 2 aromatic carbocycles. The zero-order valence-electron chi connectivity index (χ0n) is 14.0. The van der Waals surface area contributed by atoms with E-state index < -0.39 is 0 Å². The minimum absolute atomic E-state index is 0.0869. The van der Waals surface area contributed by atoms with Gasteiger partial charge in [0.2, 0.25) is 0 Å². The molecule has 1 aliphatic rings. The van der Waals surface area contributed by atoms with Crippen LogP contribution in [-0.4, -0.2) is 6.04 Å². The maximum Gasteiger partial charge on any atom is 0.131 e. The first-order valence-electron chi connectivity index (χ1n) is 8.71. The van der Waals surface area contributed by atoms with Crippen molar-refractivity contribution in [3.63, 3.8) is 0 Å². The molecule has 134 valence electrons. The van der Waals surface area contributed by atoms with Crippen molar-refractivity contribution in [1.82, 2.24) is 5.32 Å². The van der Waals surface area contributed by atoms with Gasteiger partial charge in [-0.15, -0.1) is 0 Å². The second-order valence-electron chi connectivity index (χ2n) is 6.46. The molecule has 0 radical (unpaired) electrons. The van der Waals surface area contributed by atoms with Gasteiger partial charge in [-0.25, -0.2) is 4.39 Å². The third kappa shape index (κ3) is 5.10. The third-order valence-electron chi connectivity index (χ3n) is 4.64. The van der Waals surface area contributed by atoms with Gasteiger partial charge in [0.1, 0.15) is 18.2 Å². The standard InChI is InChI=1S/C20H22Cl2FNO/c21-15-9-10-20(25-13-17-18(22)7-4-8-19(17)23)14(11-15)12-24-16-5-2-1-3-6-16/h4,7-11,16,24H,1-3,5-6,12-13H2. The fourth-order valence-electron chi connectivity index (χ4n) is 3.21. The average Bonchev–Trinajstić information content (AvgIpc) is 2.62. The minimum Gasteiger partial charge on any atom is -0.488 e. The molecule has 0 aliphatic heterocycles. The highest BCUT2D eigenvalue weighted by atomic mass is 35.5. The van der Waals surface area contributed by atoms with Crippen molar-refractivity contribution in [1.29, 1.82) is 0 Å². The molecule has 25 heavy (non-hydrogen) atoms. The normalized spacial score (nSPS) is 15.3. The molecule has 3 rings (SSSR count). The number of ether oxygens (including phenoxy) is 1. The van der Waals surface area contributed by atoms with Gasteiger partial charge in [0.15, 0.2) is 0 Å². The molecule has 0 amide bonds. The van der Waals surface area contributed by atoms with E-state index >= 15 is 0 Å². The van der Waals surface area contributed by atoms with Crippen LogP contribution >= 0.6 is 23.2 Å². The van der Waals surface area contributed by atoms with Gasteiger partial charge in [-0.05, 0) is 43.2 Å². The molecule has 0 spiro atoms. The van der Waals surface area contributed by atoms with Gasteiger partial charge in [-0.1, -0.05) is 48.5 Å². The highest BCUT2D eigenvalue weighted by molar-refractivity contribution is 6.31. The number of hydrogen-bond acceptors (Lipinski definition) is 2. The van der Waals surface area contributed by atoms with Crippen molar-refractivity contribution in [2.45, 2.75) is 51.3 Å². The number of hydrogen-bond donors (Lipinski definition) is 1. The van der Waals surface area contributed by atoms with E-state index in [4.69, 9.17) is 27.9 Å². The summed E-state index contributed by atoms with van der Waals surface area (Å²) in [5.41, 5.74) is 1.34. The van der Waals surface area contributed by atoms with Crippen LogP contribution in [0.5, 0.6) is 5.75 Å². The fraction of sp³-hybridized carbons (Fsp3) is 0.400. The lowest BCUT2D eigenvalue weighted by atomic mass is 9.95. The van der Waals surface area contributed by atoms with E-state index in [2.05, 4.69) is 5.32 Å². The molecule has 1 saturated carbocycles. The van der Waals surface area contributed by atoms with E-state index in [1.807, 2.05) is 12.1 Å². The molecule has 2 nitrogen and oxygen atoms in total. The lowest BCUT2D eigenvalue weighted by Crippen LogP contribution is -2.30. The summed E-state index contributed by atoms with van der Waals surface area (Å²) in [6, 6.07) is 10.7. The molecule has 5 heteroatoms. The first-order chi connectivity index (χ1) is 12.1. The molecular weight excluding hydrogens is 360 g/mol. The van der Waals surface area contributed by atoms with Crippen LogP contribution in [0, 0.1) is 5.82 Å². The Labute approximate surface area is 158 Å². The SMILES string of the molecule is Fc1cccc(Cl)c1COc1ccc(Cl)cc1CNC1CCCCC1. The average molecular weight is 382 g/mol. The Morgan fingerprint density at radius 2 is 1.88 bits per heavy atom. The van der Waals surface area contributed by atoms with Gasteiger partial charge in [0, 0.05) is 28.7 Å². The van der Waals surface area contributed by atoms with Gasteiger partial charge in [-0.2, -0.15) is 0 Å². The smallest absolute Gasteiger partial charge is 0.131 e. The summed E-state index contributed by atoms with van der Waals surface area (Å²) in [6.07, 6.45) is 6.31.